The summed E-state index contributed by atoms with van der Waals surface area (Å²) in [5.74, 6) is -0.0684. The highest BCUT2D eigenvalue weighted by atomic mass is 19.1. The number of carbonyl (C=O) groups excluding carboxylic acids is 2. The Kier molecular flexibility index (Phi) is 6.93. The van der Waals surface area contributed by atoms with Crippen molar-refractivity contribution in [2.45, 2.75) is 71.4 Å². The molecule has 2 aliphatic rings. The van der Waals surface area contributed by atoms with Gasteiger partial charge in [-0.1, -0.05) is 52.2 Å². The minimum absolute atomic E-state index is 0.0817. The summed E-state index contributed by atoms with van der Waals surface area (Å²) in [7, 11) is 0. The number of unbranched alkanes of at least 4 members (excludes halogenated alkanes) is 2. The van der Waals surface area contributed by atoms with Crippen molar-refractivity contribution < 1.29 is 14.0 Å². The molecule has 5 nitrogen and oxygen atoms in total. The second-order valence-electron chi connectivity index (χ2n) is 8.79. The van der Waals surface area contributed by atoms with Crippen molar-refractivity contribution in [3.05, 3.63) is 35.6 Å². The third-order valence-electron chi connectivity index (χ3n) is 6.73. The standard InChI is InChI=1S/C23H34FN3O2/c1-4-5-6-14-26(15-19-10-12-20(24)13-11-19)16-27-21(28)23(25-22(27)29)17(2)8-7-9-18(23)3/h10-13,17-18H,4-9,14-16H2,1-3H3,(H,25,29)/t17-,18-/m0/s1. The molecule has 3 rings (SSSR count). The van der Waals surface area contributed by atoms with Crippen LogP contribution in [0.15, 0.2) is 24.3 Å². The maximum Gasteiger partial charge on any atom is 0.326 e. The van der Waals surface area contributed by atoms with E-state index in [1.54, 1.807) is 12.1 Å². The first kappa shape index (κ1) is 21.8. The van der Waals surface area contributed by atoms with Gasteiger partial charge in [-0.2, -0.15) is 0 Å². The molecular formula is C23H34FN3O2. The SMILES string of the molecule is CCCCCN(Cc1ccc(F)cc1)CN1C(=O)NC2(C1=O)[C@@H](C)CCC[C@@H]2C. The Morgan fingerprint density at radius 3 is 2.41 bits per heavy atom. The summed E-state index contributed by atoms with van der Waals surface area (Å²) in [6.45, 7) is 7.95. The molecule has 29 heavy (non-hydrogen) atoms. The predicted octanol–water partition coefficient (Wildman–Crippen LogP) is 4.52. The number of hydrogen-bond acceptors (Lipinski definition) is 3. The second-order valence-corrected chi connectivity index (χ2v) is 8.79. The van der Waals surface area contributed by atoms with E-state index in [-0.39, 0.29) is 36.3 Å². The number of halogens is 1. The van der Waals surface area contributed by atoms with Gasteiger partial charge in [0.05, 0.1) is 6.67 Å². The van der Waals surface area contributed by atoms with Gasteiger partial charge in [0.25, 0.3) is 5.91 Å². The Morgan fingerprint density at radius 1 is 1.14 bits per heavy atom. The van der Waals surface area contributed by atoms with Gasteiger partial charge in [0.1, 0.15) is 11.4 Å². The Morgan fingerprint density at radius 2 is 1.79 bits per heavy atom. The van der Waals surface area contributed by atoms with E-state index in [4.69, 9.17) is 0 Å². The molecule has 0 bridgehead atoms. The molecule has 1 heterocycles. The van der Waals surface area contributed by atoms with Crippen LogP contribution in [0.5, 0.6) is 0 Å². The van der Waals surface area contributed by atoms with Gasteiger partial charge in [-0.05, 0) is 48.8 Å². The highest BCUT2D eigenvalue weighted by Gasteiger charge is 2.58. The molecule has 1 saturated carbocycles. The van der Waals surface area contributed by atoms with E-state index in [2.05, 4.69) is 31.0 Å². The molecular weight excluding hydrogens is 369 g/mol. The van der Waals surface area contributed by atoms with Crippen LogP contribution in [0.4, 0.5) is 9.18 Å². The van der Waals surface area contributed by atoms with Gasteiger partial charge in [-0.25, -0.2) is 14.1 Å². The number of nitrogens with one attached hydrogen (secondary N) is 1. The average molecular weight is 404 g/mol. The van der Waals surface area contributed by atoms with Gasteiger partial charge in [-0.3, -0.25) is 9.69 Å². The highest BCUT2D eigenvalue weighted by Crippen LogP contribution is 2.42. The van der Waals surface area contributed by atoms with Crippen molar-refractivity contribution in [1.29, 1.82) is 0 Å². The minimum Gasteiger partial charge on any atom is -0.323 e. The van der Waals surface area contributed by atoms with Gasteiger partial charge >= 0.3 is 6.03 Å². The number of nitrogens with zero attached hydrogens (tertiary/aromatic N) is 2. The van der Waals surface area contributed by atoms with E-state index < -0.39 is 5.54 Å². The Labute approximate surface area is 173 Å². The van der Waals surface area contributed by atoms with Gasteiger partial charge in [0, 0.05) is 13.1 Å². The van der Waals surface area contributed by atoms with Crippen LogP contribution < -0.4 is 5.32 Å². The molecule has 2 atom stereocenters. The van der Waals surface area contributed by atoms with Crippen LogP contribution in [0.3, 0.4) is 0 Å². The van der Waals surface area contributed by atoms with E-state index in [9.17, 15) is 14.0 Å². The quantitative estimate of drug-likeness (QED) is 0.513. The lowest BCUT2D eigenvalue weighted by atomic mass is 9.67. The molecule has 1 aromatic rings. The van der Waals surface area contributed by atoms with Crippen LogP contribution in [0, 0.1) is 17.7 Å². The molecule has 1 spiro atoms. The van der Waals surface area contributed by atoms with Crippen LogP contribution in [0.25, 0.3) is 0 Å². The zero-order valence-corrected chi connectivity index (χ0v) is 17.9. The summed E-state index contributed by atoms with van der Waals surface area (Å²) in [6.07, 6.45) is 6.21. The summed E-state index contributed by atoms with van der Waals surface area (Å²) < 4.78 is 13.3. The fraction of sp³-hybridized carbons (Fsp3) is 0.652. The summed E-state index contributed by atoms with van der Waals surface area (Å²) in [4.78, 5) is 29.8. The number of benzene rings is 1. The third-order valence-corrected chi connectivity index (χ3v) is 6.73. The van der Waals surface area contributed by atoms with Crippen LogP contribution in [-0.2, 0) is 11.3 Å². The molecule has 160 valence electrons. The zero-order valence-electron chi connectivity index (χ0n) is 17.9. The first-order chi connectivity index (χ1) is 13.9. The highest BCUT2D eigenvalue weighted by molar-refractivity contribution is 6.07. The van der Waals surface area contributed by atoms with Gasteiger partial charge in [0.2, 0.25) is 0 Å². The Bertz CT molecular complexity index is 711. The number of imide groups is 1. The fourth-order valence-electron chi connectivity index (χ4n) is 4.91. The van der Waals surface area contributed by atoms with Crippen LogP contribution in [0.2, 0.25) is 0 Å². The van der Waals surface area contributed by atoms with Crippen molar-refractivity contribution in [2.75, 3.05) is 13.2 Å². The van der Waals surface area contributed by atoms with Crippen LogP contribution in [-0.4, -0.2) is 40.5 Å². The van der Waals surface area contributed by atoms with E-state index in [0.29, 0.717) is 6.54 Å². The largest absolute Gasteiger partial charge is 0.326 e. The van der Waals surface area contributed by atoms with Crippen molar-refractivity contribution >= 4 is 11.9 Å². The van der Waals surface area contributed by atoms with Crippen LogP contribution in [0.1, 0.15) is 64.9 Å². The molecule has 1 saturated heterocycles. The lowest BCUT2D eigenvalue weighted by Gasteiger charge is -2.42. The van der Waals surface area contributed by atoms with Gasteiger partial charge in [0.15, 0.2) is 0 Å². The monoisotopic (exact) mass is 403 g/mol. The molecule has 0 radical (unpaired) electrons. The molecule has 6 heteroatoms. The molecule has 1 N–H and O–H groups in total. The van der Waals surface area contributed by atoms with E-state index in [1.807, 2.05) is 0 Å². The topological polar surface area (TPSA) is 52.6 Å². The second kappa shape index (κ2) is 9.24. The Hall–Kier alpha value is -1.95. The Balaban J connectivity index is 1.76. The first-order valence-electron chi connectivity index (χ1n) is 11.0. The molecule has 3 amide bonds. The molecule has 0 aromatic heterocycles. The van der Waals surface area contributed by atoms with Crippen LogP contribution >= 0.6 is 0 Å². The summed E-state index contributed by atoms with van der Waals surface area (Å²) in [5, 5.41) is 3.07. The fourth-order valence-corrected chi connectivity index (χ4v) is 4.91. The lowest BCUT2D eigenvalue weighted by molar-refractivity contribution is -0.138. The zero-order chi connectivity index (χ0) is 21.0. The third kappa shape index (κ3) is 4.47. The molecule has 1 aliphatic heterocycles. The smallest absolute Gasteiger partial charge is 0.323 e. The first-order valence-corrected chi connectivity index (χ1v) is 11.0. The van der Waals surface area contributed by atoms with Crippen molar-refractivity contribution in [2.24, 2.45) is 11.8 Å². The lowest BCUT2D eigenvalue weighted by Crippen LogP contribution is -2.59. The van der Waals surface area contributed by atoms with Crippen molar-refractivity contribution in [3.8, 4) is 0 Å². The van der Waals surface area contributed by atoms with Gasteiger partial charge < -0.3 is 5.32 Å². The molecule has 0 unspecified atom stereocenters. The van der Waals surface area contributed by atoms with Crippen molar-refractivity contribution in [3.63, 3.8) is 0 Å². The summed E-state index contributed by atoms with van der Waals surface area (Å²) >= 11 is 0. The summed E-state index contributed by atoms with van der Waals surface area (Å²) in [5.41, 5.74) is 0.212. The maximum absolute atomic E-state index is 13.4. The molecule has 2 fully saturated rings. The normalized spacial score (nSPS) is 23.8. The number of hydrogen-bond donors (Lipinski definition) is 1. The maximum atomic E-state index is 13.4. The van der Waals surface area contributed by atoms with E-state index in [0.717, 1.165) is 50.6 Å². The van der Waals surface area contributed by atoms with Crippen molar-refractivity contribution in [1.82, 2.24) is 15.1 Å². The van der Waals surface area contributed by atoms with E-state index in [1.165, 1.54) is 17.0 Å². The average Bonchev–Trinajstić information content (AvgIpc) is 2.94. The predicted molar refractivity (Wildman–Crippen MR) is 111 cm³/mol. The van der Waals surface area contributed by atoms with Gasteiger partial charge in [-0.15, -0.1) is 0 Å². The molecule has 1 aromatic carbocycles. The molecule has 1 aliphatic carbocycles. The number of rotatable bonds is 8. The number of amides is 3. The number of urea groups is 1. The summed E-state index contributed by atoms with van der Waals surface area (Å²) in [6, 6.07) is 6.15. The number of carbonyl (C=O) groups is 2. The van der Waals surface area contributed by atoms with E-state index >= 15 is 0 Å². The minimum atomic E-state index is -0.764.